The van der Waals surface area contributed by atoms with E-state index in [4.69, 9.17) is 4.74 Å². The highest BCUT2D eigenvalue weighted by Gasteiger charge is 2.36. The van der Waals surface area contributed by atoms with Gasteiger partial charge in [-0.05, 0) is 49.9 Å². The number of carbonyl (C=O) groups excluding carboxylic acids is 4. The summed E-state index contributed by atoms with van der Waals surface area (Å²) in [7, 11) is 0. The molecule has 3 amide bonds. The fourth-order valence-electron chi connectivity index (χ4n) is 3.63. The summed E-state index contributed by atoms with van der Waals surface area (Å²) in [6.07, 6.45) is 3.39. The van der Waals surface area contributed by atoms with E-state index in [0.717, 1.165) is 33.1 Å². The van der Waals surface area contributed by atoms with E-state index in [1.165, 1.54) is 0 Å². The van der Waals surface area contributed by atoms with Gasteiger partial charge < -0.3 is 14.6 Å². The highest BCUT2D eigenvalue weighted by atomic mass is 32.2. The second-order valence-electron chi connectivity index (χ2n) is 7.72. The summed E-state index contributed by atoms with van der Waals surface area (Å²) in [6, 6.07) is 15.0. The average molecular weight is 478 g/mol. The highest BCUT2D eigenvalue weighted by molar-refractivity contribution is 8.18. The summed E-state index contributed by atoms with van der Waals surface area (Å²) in [6.45, 7) is 3.46. The number of aryl methyl sites for hydroxylation is 1. The Hall–Kier alpha value is -3.85. The summed E-state index contributed by atoms with van der Waals surface area (Å²) >= 11 is 0.774. The quantitative estimate of drug-likeness (QED) is 0.405. The third-order valence-electron chi connectivity index (χ3n) is 5.22. The Labute approximate surface area is 200 Å². The number of thioether (sulfide) groups is 1. The van der Waals surface area contributed by atoms with Crippen LogP contribution in [0.4, 0.5) is 10.5 Å². The van der Waals surface area contributed by atoms with Crippen LogP contribution in [0.2, 0.25) is 0 Å². The van der Waals surface area contributed by atoms with Crippen molar-refractivity contribution in [2.24, 2.45) is 0 Å². The number of hydrogen-bond acceptors (Lipinski definition) is 6. The molecule has 1 aliphatic heterocycles. The van der Waals surface area contributed by atoms with Crippen LogP contribution in [0, 0.1) is 6.92 Å². The van der Waals surface area contributed by atoms with Crippen LogP contribution in [0.1, 0.15) is 18.1 Å². The molecular weight excluding hydrogens is 454 g/mol. The van der Waals surface area contributed by atoms with Crippen molar-refractivity contribution >= 4 is 57.5 Å². The first-order chi connectivity index (χ1) is 16.4. The number of benzene rings is 2. The van der Waals surface area contributed by atoms with E-state index in [1.54, 1.807) is 23.8 Å². The SMILES string of the molecule is CCOC(=O)CN1C(=O)S/C(=C/c2cn(CC(=O)Nc3ccc(C)cc3)c3ccccc23)C1=O. The second kappa shape index (κ2) is 9.96. The van der Waals surface area contributed by atoms with Crippen molar-refractivity contribution in [3.05, 3.63) is 70.8 Å². The Morgan fingerprint density at radius 2 is 1.79 bits per heavy atom. The number of hydrogen-bond donors (Lipinski definition) is 1. The van der Waals surface area contributed by atoms with Crippen molar-refractivity contribution in [1.82, 2.24) is 9.47 Å². The van der Waals surface area contributed by atoms with Crippen molar-refractivity contribution in [3.8, 4) is 0 Å². The third-order valence-corrected chi connectivity index (χ3v) is 6.13. The number of fused-ring (bicyclic) bond motifs is 1. The number of esters is 1. The standard InChI is InChI=1S/C25H23N3O5S/c1-3-33-23(30)15-28-24(31)21(34-25(28)32)12-17-13-27(20-7-5-4-6-19(17)20)14-22(29)26-18-10-8-16(2)9-11-18/h4-13H,3,14-15H2,1-2H3,(H,26,29)/b21-12+. The van der Waals surface area contributed by atoms with Crippen molar-refractivity contribution in [2.75, 3.05) is 18.5 Å². The summed E-state index contributed by atoms with van der Waals surface area (Å²) in [4.78, 5) is 50.5. The monoisotopic (exact) mass is 477 g/mol. The molecule has 0 bridgehead atoms. The molecule has 2 aromatic carbocycles. The lowest BCUT2D eigenvalue weighted by molar-refractivity contribution is -0.146. The topological polar surface area (TPSA) is 97.7 Å². The molecule has 0 aliphatic carbocycles. The number of nitrogens with zero attached hydrogens (tertiary/aromatic N) is 2. The van der Waals surface area contributed by atoms with Gasteiger partial charge in [-0.2, -0.15) is 0 Å². The van der Waals surface area contributed by atoms with E-state index in [1.807, 2.05) is 55.5 Å². The Balaban J connectivity index is 1.57. The van der Waals surface area contributed by atoms with Gasteiger partial charge in [-0.15, -0.1) is 0 Å². The molecule has 1 fully saturated rings. The number of ether oxygens (including phenoxy) is 1. The predicted molar refractivity (Wildman–Crippen MR) is 131 cm³/mol. The lowest BCUT2D eigenvalue weighted by atomic mass is 10.1. The smallest absolute Gasteiger partial charge is 0.326 e. The number of imide groups is 1. The number of carbonyl (C=O) groups is 4. The summed E-state index contributed by atoms with van der Waals surface area (Å²) in [5, 5.41) is 3.20. The molecule has 8 nitrogen and oxygen atoms in total. The van der Waals surface area contributed by atoms with Crippen molar-refractivity contribution in [1.29, 1.82) is 0 Å². The van der Waals surface area contributed by atoms with Crippen LogP contribution in [0.25, 0.3) is 17.0 Å². The van der Waals surface area contributed by atoms with Gasteiger partial charge in [0, 0.05) is 28.4 Å². The molecule has 0 saturated carbocycles. The fourth-order valence-corrected chi connectivity index (χ4v) is 4.46. The van der Waals surface area contributed by atoms with Crippen molar-refractivity contribution in [2.45, 2.75) is 20.4 Å². The molecule has 0 radical (unpaired) electrons. The molecule has 0 unspecified atom stereocenters. The zero-order valence-electron chi connectivity index (χ0n) is 18.7. The maximum absolute atomic E-state index is 12.7. The van der Waals surface area contributed by atoms with E-state index < -0.39 is 23.7 Å². The zero-order valence-corrected chi connectivity index (χ0v) is 19.6. The molecule has 0 spiro atoms. The van der Waals surface area contributed by atoms with Gasteiger partial charge in [0.2, 0.25) is 5.91 Å². The normalized spacial score (nSPS) is 14.8. The van der Waals surface area contributed by atoms with Gasteiger partial charge in [-0.3, -0.25) is 24.1 Å². The largest absolute Gasteiger partial charge is 0.465 e. The number of para-hydroxylation sites is 1. The summed E-state index contributed by atoms with van der Waals surface area (Å²) < 4.78 is 6.64. The van der Waals surface area contributed by atoms with E-state index in [-0.39, 0.29) is 24.0 Å². The van der Waals surface area contributed by atoms with Gasteiger partial charge in [-0.25, -0.2) is 0 Å². The lowest BCUT2D eigenvalue weighted by Gasteiger charge is -2.10. The molecule has 1 N–H and O–H groups in total. The minimum absolute atomic E-state index is 0.0760. The van der Waals surface area contributed by atoms with Gasteiger partial charge >= 0.3 is 5.97 Å². The number of anilines is 1. The third kappa shape index (κ3) is 5.04. The van der Waals surface area contributed by atoms with Crippen molar-refractivity contribution < 1.29 is 23.9 Å². The van der Waals surface area contributed by atoms with Crippen LogP contribution in [0.3, 0.4) is 0 Å². The van der Waals surface area contributed by atoms with Gasteiger partial charge in [0.25, 0.3) is 11.1 Å². The maximum atomic E-state index is 12.7. The number of aromatic nitrogens is 1. The molecule has 4 rings (SSSR count). The molecule has 1 aliphatic rings. The minimum atomic E-state index is -0.637. The van der Waals surface area contributed by atoms with Gasteiger partial charge in [0.15, 0.2) is 0 Å². The first kappa shape index (κ1) is 23.3. The summed E-state index contributed by atoms with van der Waals surface area (Å²) in [5.41, 5.74) is 3.33. The Morgan fingerprint density at radius 3 is 2.53 bits per heavy atom. The Bertz CT molecular complexity index is 1310. The lowest BCUT2D eigenvalue weighted by Crippen LogP contribution is -2.34. The number of rotatable bonds is 7. The number of amides is 3. The predicted octanol–water partition coefficient (Wildman–Crippen LogP) is 4.19. The van der Waals surface area contributed by atoms with Crippen molar-refractivity contribution in [3.63, 3.8) is 0 Å². The first-order valence-corrected chi connectivity index (χ1v) is 11.5. The molecule has 9 heteroatoms. The molecule has 3 aromatic rings. The highest BCUT2D eigenvalue weighted by Crippen LogP contribution is 2.34. The number of nitrogens with one attached hydrogen (secondary N) is 1. The molecule has 34 heavy (non-hydrogen) atoms. The van der Waals surface area contributed by atoms with Crippen LogP contribution in [0.5, 0.6) is 0 Å². The molecule has 174 valence electrons. The molecule has 0 atom stereocenters. The van der Waals surface area contributed by atoms with Crippen LogP contribution < -0.4 is 5.32 Å². The van der Waals surface area contributed by atoms with E-state index in [0.29, 0.717) is 11.3 Å². The molecule has 1 saturated heterocycles. The Morgan fingerprint density at radius 1 is 1.06 bits per heavy atom. The van der Waals surface area contributed by atoms with E-state index in [9.17, 15) is 19.2 Å². The zero-order chi connectivity index (χ0) is 24.2. The van der Waals surface area contributed by atoms with Gasteiger partial charge in [0.05, 0.1) is 11.5 Å². The minimum Gasteiger partial charge on any atom is -0.465 e. The first-order valence-electron chi connectivity index (χ1n) is 10.7. The average Bonchev–Trinajstić information content (AvgIpc) is 3.27. The Kier molecular flexibility index (Phi) is 6.83. The van der Waals surface area contributed by atoms with Crippen LogP contribution in [-0.4, -0.2) is 45.6 Å². The van der Waals surface area contributed by atoms with E-state index >= 15 is 0 Å². The van der Waals surface area contributed by atoms with Crippen LogP contribution in [0.15, 0.2) is 59.6 Å². The molecular formula is C25H23N3O5S. The van der Waals surface area contributed by atoms with Crippen LogP contribution in [-0.2, 0) is 25.7 Å². The van der Waals surface area contributed by atoms with Gasteiger partial charge in [0.1, 0.15) is 13.1 Å². The van der Waals surface area contributed by atoms with E-state index in [2.05, 4.69) is 5.32 Å². The fraction of sp³-hybridized carbons (Fsp3) is 0.200. The van der Waals surface area contributed by atoms with Crippen LogP contribution >= 0.6 is 11.8 Å². The summed E-state index contributed by atoms with van der Waals surface area (Å²) in [5.74, 6) is -1.37. The van der Waals surface area contributed by atoms with Gasteiger partial charge in [-0.1, -0.05) is 35.9 Å². The molecule has 1 aromatic heterocycles. The molecule has 2 heterocycles. The second-order valence-corrected chi connectivity index (χ2v) is 8.71. The maximum Gasteiger partial charge on any atom is 0.326 e.